The van der Waals surface area contributed by atoms with Gasteiger partial charge in [0, 0.05) is 38.6 Å². The number of nitrogens with zero attached hydrogens (tertiary/aromatic N) is 2. The summed E-state index contributed by atoms with van der Waals surface area (Å²) in [5.41, 5.74) is 2.64. The third kappa shape index (κ3) is 5.53. The molecule has 2 aliphatic heterocycles. The van der Waals surface area contributed by atoms with E-state index < -0.39 is 0 Å². The normalized spacial score (nSPS) is 21.5. The summed E-state index contributed by atoms with van der Waals surface area (Å²) in [4.78, 5) is 17.0. The molecule has 2 atom stereocenters. The predicted octanol–water partition coefficient (Wildman–Crippen LogP) is 3.81. The lowest BCUT2D eigenvalue weighted by Gasteiger charge is -2.45. The molecular weight excluding hydrogens is 420 g/mol. The van der Waals surface area contributed by atoms with Crippen LogP contribution in [0.2, 0.25) is 0 Å². The van der Waals surface area contributed by atoms with Crippen molar-refractivity contribution in [3.63, 3.8) is 0 Å². The van der Waals surface area contributed by atoms with Gasteiger partial charge in [0.05, 0.1) is 27.9 Å². The fraction of sp³-hybridized carbons (Fsp3) is 0.577. The standard InChI is InChI=1S/C26H36N2O5/c1-18-5-7-22(33-18)17-27-11-10-23(20(15-27)6-8-26(29)32-4)28-12-9-19-13-24(30-2)25(31-3)14-21(19)16-28/h5,7,13-14,20,23H,6,8-12,15-17H2,1-4H3/t20-,23+/m0/s1. The van der Waals surface area contributed by atoms with Crippen LogP contribution in [0, 0.1) is 12.8 Å². The second-order valence-electron chi connectivity index (χ2n) is 9.17. The first kappa shape index (κ1) is 23.6. The largest absolute Gasteiger partial charge is 0.493 e. The van der Waals surface area contributed by atoms with E-state index in [1.807, 2.05) is 13.0 Å². The fourth-order valence-corrected chi connectivity index (χ4v) is 5.39. The SMILES string of the molecule is COC(=O)CC[C@H]1CN(Cc2ccc(C)o2)CC[C@H]1N1CCc2cc(OC)c(OC)cc2C1. The molecule has 33 heavy (non-hydrogen) atoms. The Kier molecular flexibility index (Phi) is 7.60. The van der Waals surface area contributed by atoms with Crippen LogP contribution in [-0.2, 0) is 29.0 Å². The highest BCUT2D eigenvalue weighted by Crippen LogP contribution is 2.36. The van der Waals surface area contributed by atoms with Crippen LogP contribution in [-0.4, -0.2) is 62.8 Å². The number of aryl methyl sites for hydroxylation is 1. The van der Waals surface area contributed by atoms with Crippen LogP contribution in [0.15, 0.2) is 28.7 Å². The molecule has 1 aromatic carbocycles. The van der Waals surface area contributed by atoms with E-state index in [1.165, 1.54) is 18.2 Å². The van der Waals surface area contributed by atoms with Gasteiger partial charge < -0.3 is 18.6 Å². The fourth-order valence-electron chi connectivity index (χ4n) is 5.39. The number of esters is 1. The average Bonchev–Trinajstić information content (AvgIpc) is 3.25. The van der Waals surface area contributed by atoms with Crippen molar-refractivity contribution in [2.75, 3.05) is 41.0 Å². The number of fused-ring (bicyclic) bond motifs is 1. The molecule has 1 saturated heterocycles. The van der Waals surface area contributed by atoms with Gasteiger partial charge in [-0.15, -0.1) is 0 Å². The minimum Gasteiger partial charge on any atom is -0.493 e. The van der Waals surface area contributed by atoms with Gasteiger partial charge in [-0.05, 0) is 67.5 Å². The van der Waals surface area contributed by atoms with Crippen LogP contribution in [0.5, 0.6) is 11.5 Å². The van der Waals surface area contributed by atoms with Crippen molar-refractivity contribution in [3.8, 4) is 11.5 Å². The number of ether oxygens (including phenoxy) is 3. The molecule has 0 amide bonds. The maximum absolute atomic E-state index is 11.9. The van der Waals surface area contributed by atoms with E-state index in [2.05, 4.69) is 28.0 Å². The van der Waals surface area contributed by atoms with E-state index in [0.717, 1.165) is 75.0 Å². The molecule has 180 valence electrons. The Morgan fingerprint density at radius 2 is 1.85 bits per heavy atom. The van der Waals surface area contributed by atoms with Crippen molar-refractivity contribution in [2.24, 2.45) is 5.92 Å². The number of piperidine rings is 1. The lowest BCUT2D eigenvalue weighted by molar-refractivity contribution is -0.141. The van der Waals surface area contributed by atoms with E-state index in [9.17, 15) is 4.79 Å². The Hall–Kier alpha value is -2.51. The van der Waals surface area contributed by atoms with Gasteiger partial charge in [0.1, 0.15) is 11.5 Å². The average molecular weight is 457 g/mol. The van der Waals surface area contributed by atoms with Crippen LogP contribution >= 0.6 is 0 Å². The van der Waals surface area contributed by atoms with Gasteiger partial charge in [-0.2, -0.15) is 0 Å². The number of carbonyl (C=O) groups is 1. The summed E-state index contributed by atoms with van der Waals surface area (Å²) < 4.78 is 21.8. The third-order valence-corrected chi connectivity index (χ3v) is 7.12. The number of benzene rings is 1. The molecule has 0 spiro atoms. The summed E-state index contributed by atoms with van der Waals surface area (Å²) in [6, 6.07) is 8.76. The van der Waals surface area contributed by atoms with Crippen molar-refractivity contribution < 1.29 is 23.4 Å². The van der Waals surface area contributed by atoms with Gasteiger partial charge in [0.15, 0.2) is 11.5 Å². The molecule has 3 heterocycles. The second kappa shape index (κ2) is 10.6. The van der Waals surface area contributed by atoms with Crippen LogP contribution < -0.4 is 9.47 Å². The van der Waals surface area contributed by atoms with Crippen LogP contribution in [0.25, 0.3) is 0 Å². The highest BCUT2D eigenvalue weighted by Gasteiger charge is 2.35. The lowest BCUT2D eigenvalue weighted by atomic mass is 9.85. The summed E-state index contributed by atoms with van der Waals surface area (Å²) in [6.07, 6.45) is 3.36. The number of likely N-dealkylation sites (tertiary alicyclic amines) is 1. The van der Waals surface area contributed by atoms with Gasteiger partial charge in [0.2, 0.25) is 0 Å². The van der Waals surface area contributed by atoms with Crippen LogP contribution in [0.4, 0.5) is 0 Å². The number of hydrogen-bond donors (Lipinski definition) is 0. The molecule has 4 rings (SSSR count). The van der Waals surface area contributed by atoms with Gasteiger partial charge in [-0.1, -0.05) is 0 Å². The quantitative estimate of drug-likeness (QED) is 0.560. The smallest absolute Gasteiger partial charge is 0.305 e. The van der Waals surface area contributed by atoms with Gasteiger partial charge in [-0.25, -0.2) is 0 Å². The minimum absolute atomic E-state index is 0.131. The molecule has 7 heteroatoms. The summed E-state index contributed by atoms with van der Waals surface area (Å²) in [6.45, 7) is 6.68. The maximum atomic E-state index is 11.9. The van der Waals surface area contributed by atoms with Crippen molar-refractivity contribution in [1.82, 2.24) is 9.80 Å². The molecule has 2 aliphatic rings. The van der Waals surface area contributed by atoms with Crippen molar-refractivity contribution in [1.29, 1.82) is 0 Å². The van der Waals surface area contributed by atoms with E-state index in [1.54, 1.807) is 14.2 Å². The Morgan fingerprint density at radius 3 is 2.52 bits per heavy atom. The number of furan rings is 1. The number of methoxy groups -OCH3 is 3. The zero-order chi connectivity index (χ0) is 23.4. The number of carbonyl (C=O) groups excluding carboxylic acids is 1. The summed E-state index contributed by atoms with van der Waals surface area (Å²) in [5, 5.41) is 0. The molecule has 0 unspecified atom stereocenters. The zero-order valence-electron chi connectivity index (χ0n) is 20.3. The predicted molar refractivity (Wildman–Crippen MR) is 126 cm³/mol. The highest BCUT2D eigenvalue weighted by atomic mass is 16.5. The monoisotopic (exact) mass is 456 g/mol. The molecular formula is C26H36N2O5. The second-order valence-corrected chi connectivity index (χ2v) is 9.17. The summed E-state index contributed by atoms with van der Waals surface area (Å²) in [5.74, 6) is 3.79. The number of rotatable bonds is 8. The first-order valence-corrected chi connectivity index (χ1v) is 11.8. The Labute approximate surface area is 196 Å². The van der Waals surface area contributed by atoms with Crippen LogP contribution in [0.1, 0.15) is 41.9 Å². The molecule has 0 bridgehead atoms. The summed E-state index contributed by atoms with van der Waals surface area (Å²) >= 11 is 0. The molecule has 1 fully saturated rings. The first-order valence-electron chi connectivity index (χ1n) is 11.8. The zero-order valence-corrected chi connectivity index (χ0v) is 20.3. The van der Waals surface area contributed by atoms with Gasteiger partial charge in [-0.3, -0.25) is 14.6 Å². The molecule has 2 aromatic rings. The van der Waals surface area contributed by atoms with Gasteiger partial charge >= 0.3 is 5.97 Å². The third-order valence-electron chi connectivity index (χ3n) is 7.12. The lowest BCUT2D eigenvalue weighted by Crippen LogP contribution is -2.52. The Bertz CT molecular complexity index is 956. The molecule has 0 saturated carbocycles. The molecule has 0 aliphatic carbocycles. The van der Waals surface area contributed by atoms with Gasteiger partial charge in [0.25, 0.3) is 0 Å². The maximum Gasteiger partial charge on any atom is 0.305 e. The number of hydrogen-bond acceptors (Lipinski definition) is 7. The Balaban J connectivity index is 1.48. The van der Waals surface area contributed by atoms with E-state index in [0.29, 0.717) is 18.4 Å². The summed E-state index contributed by atoms with van der Waals surface area (Å²) in [7, 11) is 4.84. The van der Waals surface area contributed by atoms with Crippen LogP contribution in [0.3, 0.4) is 0 Å². The van der Waals surface area contributed by atoms with E-state index in [-0.39, 0.29) is 5.97 Å². The molecule has 0 radical (unpaired) electrons. The highest BCUT2D eigenvalue weighted by molar-refractivity contribution is 5.69. The minimum atomic E-state index is -0.131. The van der Waals surface area contributed by atoms with E-state index >= 15 is 0 Å². The molecule has 7 nitrogen and oxygen atoms in total. The molecule has 0 N–H and O–H groups in total. The topological polar surface area (TPSA) is 64.4 Å². The molecule has 1 aromatic heterocycles. The first-order chi connectivity index (χ1) is 16.0. The van der Waals surface area contributed by atoms with Crippen molar-refractivity contribution in [2.45, 2.75) is 51.7 Å². The van der Waals surface area contributed by atoms with E-state index in [4.69, 9.17) is 18.6 Å². The van der Waals surface area contributed by atoms with Crippen molar-refractivity contribution in [3.05, 3.63) is 46.9 Å². The van der Waals surface area contributed by atoms with Crippen molar-refractivity contribution >= 4 is 5.97 Å². The Morgan fingerprint density at radius 1 is 1.09 bits per heavy atom.